The normalized spacial score (nSPS) is 20.6. The Labute approximate surface area is 136 Å². The van der Waals surface area contributed by atoms with E-state index in [0.29, 0.717) is 38.8 Å². The summed E-state index contributed by atoms with van der Waals surface area (Å²) < 4.78 is 5.53. The third-order valence-corrected chi connectivity index (χ3v) is 4.09. The van der Waals surface area contributed by atoms with E-state index in [-0.39, 0.29) is 18.0 Å². The van der Waals surface area contributed by atoms with Crippen molar-refractivity contribution >= 4 is 12.0 Å². The molecule has 0 saturated heterocycles. The summed E-state index contributed by atoms with van der Waals surface area (Å²) in [5, 5.41) is 14.6. The fourth-order valence-corrected chi connectivity index (χ4v) is 2.69. The van der Waals surface area contributed by atoms with Gasteiger partial charge in [-0.2, -0.15) is 0 Å². The van der Waals surface area contributed by atoms with Crippen LogP contribution in [0.3, 0.4) is 0 Å². The summed E-state index contributed by atoms with van der Waals surface area (Å²) in [6.45, 7) is 2.84. The van der Waals surface area contributed by atoms with Crippen molar-refractivity contribution < 1.29 is 19.4 Å². The molecule has 3 N–H and O–H groups in total. The summed E-state index contributed by atoms with van der Waals surface area (Å²) in [5.41, 5.74) is 1.17. The van der Waals surface area contributed by atoms with E-state index in [9.17, 15) is 9.59 Å². The molecule has 0 bridgehead atoms. The van der Waals surface area contributed by atoms with Crippen molar-refractivity contribution in [3.05, 3.63) is 29.8 Å². The Morgan fingerprint density at radius 1 is 1.17 bits per heavy atom. The first kappa shape index (κ1) is 17.1. The molecule has 2 rings (SSSR count). The quantitative estimate of drug-likeness (QED) is 0.702. The molecule has 0 heterocycles. The zero-order valence-corrected chi connectivity index (χ0v) is 13.4. The second kappa shape index (κ2) is 8.41. The van der Waals surface area contributed by atoms with Crippen LogP contribution < -0.4 is 15.4 Å². The van der Waals surface area contributed by atoms with Crippen molar-refractivity contribution in [3.8, 4) is 5.75 Å². The molecule has 0 aromatic heterocycles. The van der Waals surface area contributed by atoms with Gasteiger partial charge in [-0.25, -0.2) is 4.79 Å². The van der Waals surface area contributed by atoms with E-state index in [1.54, 1.807) is 0 Å². The van der Waals surface area contributed by atoms with Crippen LogP contribution in [0.15, 0.2) is 24.3 Å². The minimum atomic E-state index is -0.735. The highest BCUT2D eigenvalue weighted by Crippen LogP contribution is 2.24. The smallest absolute Gasteiger partial charge is 0.315 e. The maximum absolute atomic E-state index is 11.8. The SMILES string of the molecule is Cc1ccc(OCCNC(=O)NC2CCC(C(=O)O)CC2)cc1. The third kappa shape index (κ3) is 5.81. The molecule has 1 aliphatic rings. The molecule has 0 spiro atoms. The molecule has 0 radical (unpaired) electrons. The van der Waals surface area contributed by atoms with Gasteiger partial charge in [0, 0.05) is 6.04 Å². The number of amides is 2. The van der Waals surface area contributed by atoms with Crippen LogP contribution in [0.25, 0.3) is 0 Å². The van der Waals surface area contributed by atoms with Gasteiger partial charge in [0.2, 0.25) is 0 Å². The number of carbonyl (C=O) groups excluding carboxylic acids is 1. The van der Waals surface area contributed by atoms with Crippen LogP contribution in [-0.2, 0) is 4.79 Å². The largest absolute Gasteiger partial charge is 0.492 e. The maximum atomic E-state index is 11.8. The van der Waals surface area contributed by atoms with Gasteiger partial charge in [-0.15, -0.1) is 0 Å². The van der Waals surface area contributed by atoms with Gasteiger partial charge in [-0.05, 0) is 44.7 Å². The average Bonchev–Trinajstić information content (AvgIpc) is 2.54. The first-order chi connectivity index (χ1) is 11.0. The molecular formula is C17H24N2O4. The number of aryl methyl sites for hydroxylation is 1. The molecule has 6 nitrogen and oxygen atoms in total. The predicted molar refractivity (Wildman–Crippen MR) is 86.6 cm³/mol. The molecule has 0 unspecified atom stereocenters. The lowest BCUT2D eigenvalue weighted by atomic mass is 9.86. The first-order valence-corrected chi connectivity index (χ1v) is 8.01. The molecule has 0 atom stereocenters. The Balaban J connectivity index is 1.58. The Morgan fingerprint density at radius 2 is 1.83 bits per heavy atom. The summed E-state index contributed by atoms with van der Waals surface area (Å²) in [4.78, 5) is 22.7. The van der Waals surface area contributed by atoms with Gasteiger partial charge >= 0.3 is 12.0 Å². The van der Waals surface area contributed by atoms with Gasteiger partial charge in [-0.1, -0.05) is 17.7 Å². The molecular weight excluding hydrogens is 296 g/mol. The Morgan fingerprint density at radius 3 is 2.43 bits per heavy atom. The highest BCUT2D eigenvalue weighted by Gasteiger charge is 2.26. The molecule has 126 valence electrons. The van der Waals surface area contributed by atoms with Crippen molar-refractivity contribution in [1.82, 2.24) is 10.6 Å². The van der Waals surface area contributed by atoms with Gasteiger partial charge in [0.1, 0.15) is 12.4 Å². The Hall–Kier alpha value is -2.24. The zero-order valence-electron chi connectivity index (χ0n) is 13.4. The number of benzene rings is 1. The summed E-state index contributed by atoms with van der Waals surface area (Å²) >= 11 is 0. The fraction of sp³-hybridized carbons (Fsp3) is 0.529. The number of aliphatic carboxylic acids is 1. The van der Waals surface area contributed by atoms with Crippen molar-refractivity contribution in [2.75, 3.05) is 13.2 Å². The minimum absolute atomic E-state index is 0.0589. The molecule has 1 aromatic rings. The number of carboxylic acids is 1. The number of nitrogens with one attached hydrogen (secondary N) is 2. The number of ether oxygens (including phenoxy) is 1. The second-order valence-corrected chi connectivity index (χ2v) is 5.95. The lowest BCUT2D eigenvalue weighted by Crippen LogP contribution is -2.45. The van der Waals surface area contributed by atoms with Gasteiger partial charge in [-0.3, -0.25) is 4.79 Å². The van der Waals surface area contributed by atoms with E-state index in [0.717, 1.165) is 5.75 Å². The highest BCUT2D eigenvalue weighted by molar-refractivity contribution is 5.74. The van der Waals surface area contributed by atoms with Crippen LogP contribution in [0.2, 0.25) is 0 Å². The van der Waals surface area contributed by atoms with Gasteiger partial charge in [0.25, 0.3) is 0 Å². The zero-order chi connectivity index (χ0) is 16.7. The van der Waals surface area contributed by atoms with Crippen molar-refractivity contribution in [3.63, 3.8) is 0 Å². The molecule has 6 heteroatoms. The van der Waals surface area contributed by atoms with Crippen molar-refractivity contribution in [1.29, 1.82) is 0 Å². The van der Waals surface area contributed by atoms with Crippen LogP contribution in [0.1, 0.15) is 31.2 Å². The monoisotopic (exact) mass is 320 g/mol. The van der Waals surface area contributed by atoms with Gasteiger partial charge < -0.3 is 20.5 Å². The van der Waals surface area contributed by atoms with Crippen molar-refractivity contribution in [2.45, 2.75) is 38.6 Å². The first-order valence-electron chi connectivity index (χ1n) is 8.01. The second-order valence-electron chi connectivity index (χ2n) is 5.95. The number of urea groups is 1. The summed E-state index contributed by atoms with van der Waals surface area (Å²) in [5.74, 6) is -0.218. The number of carboxylic acid groups (broad SMARTS) is 1. The molecule has 1 saturated carbocycles. The van der Waals surface area contributed by atoms with Gasteiger partial charge in [0.05, 0.1) is 12.5 Å². The number of hydrogen-bond donors (Lipinski definition) is 3. The lowest BCUT2D eigenvalue weighted by molar-refractivity contribution is -0.142. The highest BCUT2D eigenvalue weighted by atomic mass is 16.5. The van der Waals surface area contributed by atoms with E-state index in [1.807, 2.05) is 31.2 Å². The third-order valence-electron chi connectivity index (χ3n) is 4.09. The average molecular weight is 320 g/mol. The van der Waals surface area contributed by atoms with E-state index >= 15 is 0 Å². The van der Waals surface area contributed by atoms with Crippen LogP contribution >= 0.6 is 0 Å². The molecule has 1 aromatic carbocycles. The molecule has 23 heavy (non-hydrogen) atoms. The molecule has 1 fully saturated rings. The summed E-state index contributed by atoms with van der Waals surface area (Å²) in [6.07, 6.45) is 2.67. The summed E-state index contributed by atoms with van der Waals surface area (Å²) in [6, 6.07) is 7.58. The molecule has 1 aliphatic carbocycles. The summed E-state index contributed by atoms with van der Waals surface area (Å²) in [7, 11) is 0. The Bertz CT molecular complexity index is 522. The topological polar surface area (TPSA) is 87.7 Å². The van der Waals surface area contributed by atoms with Crippen molar-refractivity contribution in [2.24, 2.45) is 5.92 Å². The molecule has 0 aliphatic heterocycles. The predicted octanol–water partition coefficient (Wildman–Crippen LogP) is 2.32. The van der Waals surface area contributed by atoms with Crippen LogP contribution in [0, 0.1) is 12.8 Å². The molecule has 2 amide bonds. The van der Waals surface area contributed by atoms with E-state index < -0.39 is 5.97 Å². The number of hydrogen-bond acceptors (Lipinski definition) is 3. The number of rotatable bonds is 6. The van der Waals surface area contributed by atoms with Crippen LogP contribution in [0.4, 0.5) is 4.79 Å². The van der Waals surface area contributed by atoms with E-state index in [4.69, 9.17) is 9.84 Å². The lowest BCUT2D eigenvalue weighted by Gasteiger charge is -2.26. The Kier molecular flexibility index (Phi) is 6.26. The van der Waals surface area contributed by atoms with Crippen LogP contribution in [-0.4, -0.2) is 36.3 Å². The standard InChI is InChI=1S/C17H24N2O4/c1-12-2-8-15(9-3-12)23-11-10-18-17(22)19-14-6-4-13(5-7-14)16(20)21/h2-3,8-9,13-14H,4-7,10-11H2,1H3,(H,20,21)(H2,18,19,22). The van der Waals surface area contributed by atoms with E-state index in [2.05, 4.69) is 10.6 Å². The van der Waals surface area contributed by atoms with Crippen LogP contribution in [0.5, 0.6) is 5.75 Å². The fourth-order valence-electron chi connectivity index (χ4n) is 2.69. The van der Waals surface area contributed by atoms with E-state index in [1.165, 1.54) is 5.56 Å². The van der Waals surface area contributed by atoms with Gasteiger partial charge in [0.15, 0.2) is 0 Å². The number of carbonyl (C=O) groups is 2. The minimum Gasteiger partial charge on any atom is -0.492 e. The maximum Gasteiger partial charge on any atom is 0.315 e.